The van der Waals surface area contributed by atoms with Crippen LogP contribution in [0.1, 0.15) is 20.8 Å². The number of ether oxygens (including phenoxy) is 1. The maximum Gasteiger partial charge on any atom is 0.0632 e. The number of nitrogens with zero attached hydrogens (tertiary/aromatic N) is 2. The fraction of sp³-hybridized carbons (Fsp3) is 1.00. The first-order chi connectivity index (χ1) is 8.05. The summed E-state index contributed by atoms with van der Waals surface area (Å²) in [6.07, 6.45) is 0. The summed E-state index contributed by atoms with van der Waals surface area (Å²) in [5.41, 5.74) is 0.318. The van der Waals surface area contributed by atoms with Crippen LogP contribution in [0, 0.1) is 0 Å². The Hall–Kier alpha value is -0.160. The molecular formula is C13H27N3O. The smallest absolute Gasteiger partial charge is 0.0632 e. The van der Waals surface area contributed by atoms with Gasteiger partial charge in [-0.25, -0.2) is 0 Å². The van der Waals surface area contributed by atoms with E-state index in [-0.39, 0.29) is 0 Å². The van der Waals surface area contributed by atoms with Crippen molar-refractivity contribution in [2.24, 2.45) is 0 Å². The van der Waals surface area contributed by atoms with Gasteiger partial charge in [0.15, 0.2) is 0 Å². The second-order valence-electron chi connectivity index (χ2n) is 6.18. The standard InChI is InChI=1S/C13H27N3O/c1-13(2,3)16-7-5-15(6-8-16)10-12-11-17-9-4-14-12/h12,14H,4-11H2,1-3H3. The van der Waals surface area contributed by atoms with Gasteiger partial charge in [0.05, 0.1) is 13.2 Å². The Morgan fingerprint density at radius 2 is 1.88 bits per heavy atom. The molecule has 0 radical (unpaired) electrons. The van der Waals surface area contributed by atoms with Crippen LogP contribution in [-0.4, -0.2) is 73.9 Å². The second-order valence-corrected chi connectivity index (χ2v) is 6.18. The summed E-state index contributed by atoms with van der Waals surface area (Å²) in [5.74, 6) is 0. The topological polar surface area (TPSA) is 27.7 Å². The van der Waals surface area contributed by atoms with Crippen LogP contribution in [0.15, 0.2) is 0 Å². The van der Waals surface area contributed by atoms with Crippen molar-refractivity contribution in [1.29, 1.82) is 0 Å². The molecule has 0 aromatic heterocycles. The maximum absolute atomic E-state index is 5.50. The molecule has 0 bridgehead atoms. The highest BCUT2D eigenvalue weighted by Gasteiger charge is 2.27. The Bertz CT molecular complexity index is 225. The fourth-order valence-electron chi connectivity index (χ4n) is 2.65. The lowest BCUT2D eigenvalue weighted by Crippen LogP contribution is -2.56. The van der Waals surface area contributed by atoms with E-state index < -0.39 is 0 Å². The summed E-state index contributed by atoms with van der Waals surface area (Å²) in [4.78, 5) is 5.14. The van der Waals surface area contributed by atoms with E-state index in [1.807, 2.05) is 0 Å². The fourth-order valence-corrected chi connectivity index (χ4v) is 2.65. The van der Waals surface area contributed by atoms with E-state index in [0.717, 1.165) is 26.3 Å². The Kier molecular flexibility index (Phi) is 4.42. The minimum Gasteiger partial charge on any atom is -0.378 e. The van der Waals surface area contributed by atoms with Crippen molar-refractivity contribution in [3.05, 3.63) is 0 Å². The number of rotatable bonds is 2. The van der Waals surface area contributed by atoms with Crippen molar-refractivity contribution < 1.29 is 4.74 Å². The molecule has 1 unspecified atom stereocenters. The maximum atomic E-state index is 5.50. The average Bonchev–Trinajstić information content (AvgIpc) is 2.30. The van der Waals surface area contributed by atoms with Gasteiger partial charge in [-0.15, -0.1) is 0 Å². The molecule has 0 aromatic rings. The summed E-state index contributed by atoms with van der Waals surface area (Å²) in [6, 6.07) is 0.532. The van der Waals surface area contributed by atoms with Gasteiger partial charge in [-0.1, -0.05) is 0 Å². The van der Waals surface area contributed by atoms with E-state index in [9.17, 15) is 0 Å². The van der Waals surface area contributed by atoms with E-state index in [2.05, 4.69) is 35.9 Å². The lowest BCUT2D eigenvalue weighted by molar-refractivity contribution is 0.0320. The van der Waals surface area contributed by atoms with Gasteiger partial charge in [0.2, 0.25) is 0 Å². The van der Waals surface area contributed by atoms with E-state index in [1.165, 1.54) is 26.2 Å². The summed E-state index contributed by atoms with van der Waals surface area (Å²) in [6.45, 7) is 15.6. The molecule has 2 saturated heterocycles. The molecule has 2 heterocycles. The predicted octanol–water partition coefficient (Wildman–Crippen LogP) is 0.391. The zero-order valence-electron chi connectivity index (χ0n) is 11.5. The van der Waals surface area contributed by atoms with E-state index >= 15 is 0 Å². The van der Waals surface area contributed by atoms with Crippen LogP contribution in [0.2, 0.25) is 0 Å². The predicted molar refractivity (Wildman–Crippen MR) is 70.4 cm³/mol. The van der Waals surface area contributed by atoms with Crippen LogP contribution < -0.4 is 5.32 Å². The van der Waals surface area contributed by atoms with Crippen molar-refractivity contribution >= 4 is 0 Å². The Balaban J connectivity index is 1.71. The van der Waals surface area contributed by atoms with E-state index in [1.54, 1.807) is 0 Å². The van der Waals surface area contributed by atoms with Crippen molar-refractivity contribution in [3.8, 4) is 0 Å². The average molecular weight is 241 g/mol. The van der Waals surface area contributed by atoms with Crippen LogP contribution in [0.3, 0.4) is 0 Å². The number of morpholine rings is 1. The Labute approximate surface area is 105 Å². The minimum absolute atomic E-state index is 0.318. The third-order valence-corrected chi connectivity index (χ3v) is 3.80. The van der Waals surface area contributed by atoms with Gasteiger partial charge in [0, 0.05) is 50.8 Å². The van der Waals surface area contributed by atoms with E-state index in [0.29, 0.717) is 11.6 Å². The molecule has 0 aromatic carbocycles. The lowest BCUT2D eigenvalue weighted by Gasteiger charge is -2.43. The van der Waals surface area contributed by atoms with Gasteiger partial charge in [-0.3, -0.25) is 9.80 Å². The molecule has 0 saturated carbocycles. The monoisotopic (exact) mass is 241 g/mol. The lowest BCUT2D eigenvalue weighted by atomic mass is 10.0. The molecule has 0 spiro atoms. The third kappa shape index (κ3) is 3.91. The summed E-state index contributed by atoms with van der Waals surface area (Å²) >= 11 is 0. The quantitative estimate of drug-likeness (QED) is 0.757. The number of hydrogen-bond acceptors (Lipinski definition) is 4. The van der Waals surface area contributed by atoms with Gasteiger partial charge < -0.3 is 10.1 Å². The van der Waals surface area contributed by atoms with Gasteiger partial charge in [0.1, 0.15) is 0 Å². The van der Waals surface area contributed by atoms with Crippen LogP contribution in [0.4, 0.5) is 0 Å². The Morgan fingerprint density at radius 3 is 2.41 bits per heavy atom. The molecule has 0 amide bonds. The van der Waals surface area contributed by atoms with Crippen LogP contribution in [-0.2, 0) is 4.74 Å². The van der Waals surface area contributed by atoms with Gasteiger partial charge >= 0.3 is 0 Å². The van der Waals surface area contributed by atoms with Crippen LogP contribution in [0.25, 0.3) is 0 Å². The first-order valence-corrected chi connectivity index (χ1v) is 6.84. The zero-order valence-corrected chi connectivity index (χ0v) is 11.5. The minimum atomic E-state index is 0.318. The molecule has 1 N–H and O–H groups in total. The molecule has 4 nitrogen and oxygen atoms in total. The third-order valence-electron chi connectivity index (χ3n) is 3.80. The van der Waals surface area contributed by atoms with Crippen molar-refractivity contribution in [2.75, 3.05) is 52.5 Å². The first kappa shape index (κ1) is 13.3. The highest BCUT2D eigenvalue weighted by Crippen LogP contribution is 2.15. The summed E-state index contributed by atoms with van der Waals surface area (Å²) in [5, 5.41) is 3.53. The summed E-state index contributed by atoms with van der Waals surface area (Å²) in [7, 11) is 0. The van der Waals surface area contributed by atoms with Crippen LogP contribution in [0.5, 0.6) is 0 Å². The van der Waals surface area contributed by atoms with E-state index in [4.69, 9.17) is 4.74 Å². The molecule has 100 valence electrons. The van der Waals surface area contributed by atoms with Crippen molar-refractivity contribution in [2.45, 2.75) is 32.4 Å². The molecule has 2 aliphatic rings. The number of hydrogen-bond donors (Lipinski definition) is 1. The molecule has 17 heavy (non-hydrogen) atoms. The van der Waals surface area contributed by atoms with Gasteiger partial charge in [0.25, 0.3) is 0 Å². The molecule has 0 aliphatic carbocycles. The zero-order chi connectivity index (χ0) is 12.3. The molecule has 2 rings (SSSR count). The highest BCUT2D eigenvalue weighted by atomic mass is 16.5. The molecule has 2 aliphatic heterocycles. The van der Waals surface area contributed by atoms with Gasteiger partial charge in [-0.05, 0) is 20.8 Å². The first-order valence-electron chi connectivity index (χ1n) is 6.84. The largest absolute Gasteiger partial charge is 0.378 e. The number of piperazine rings is 1. The molecular weight excluding hydrogens is 214 g/mol. The molecule has 1 atom stereocenters. The number of nitrogens with one attached hydrogen (secondary N) is 1. The summed E-state index contributed by atoms with van der Waals surface area (Å²) < 4.78 is 5.50. The molecule has 2 fully saturated rings. The SMILES string of the molecule is CC(C)(C)N1CCN(CC2COCCN2)CC1. The molecule has 4 heteroatoms. The normalized spacial score (nSPS) is 29.5. The van der Waals surface area contributed by atoms with Crippen LogP contribution >= 0.6 is 0 Å². The Morgan fingerprint density at radius 1 is 1.18 bits per heavy atom. The highest BCUT2D eigenvalue weighted by molar-refractivity contribution is 4.84. The van der Waals surface area contributed by atoms with Crippen molar-refractivity contribution in [1.82, 2.24) is 15.1 Å². The van der Waals surface area contributed by atoms with Gasteiger partial charge in [-0.2, -0.15) is 0 Å². The van der Waals surface area contributed by atoms with Crippen molar-refractivity contribution in [3.63, 3.8) is 0 Å². The second kappa shape index (κ2) is 5.65.